The molecule has 8 heteroatoms. The first kappa shape index (κ1) is 19.1. The van der Waals surface area contributed by atoms with Crippen LogP contribution in [0, 0.1) is 5.92 Å². The maximum Gasteiger partial charge on any atom is 0.409 e. The number of likely N-dealkylation sites (tertiary alicyclic amines) is 1. The van der Waals surface area contributed by atoms with Crippen molar-refractivity contribution in [3.63, 3.8) is 0 Å². The summed E-state index contributed by atoms with van der Waals surface area (Å²) in [6.45, 7) is 2.89. The molecule has 25 heavy (non-hydrogen) atoms. The molecule has 1 N–H and O–H groups in total. The van der Waals surface area contributed by atoms with Crippen LogP contribution >= 0.6 is 11.6 Å². The maximum absolute atomic E-state index is 12.5. The quantitative estimate of drug-likeness (QED) is 0.826. The molecule has 0 radical (unpaired) electrons. The number of piperidine rings is 1. The van der Waals surface area contributed by atoms with Crippen molar-refractivity contribution in [2.75, 3.05) is 32.1 Å². The van der Waals surface area contributed by atoms with Gasteiger partial charge in [-0.15, -0.1) is 0 Å². The summed E-state index contributed by atoms with van der Waals surface area (Å²) in [4.78, 5) is 37.5. The Bertz CT molecular complexity index is 664. The zero-order valence-electron chi connectivity index (χ0n) is 14.2. The van der Waals surface area contributed by atoms with E-state index in [0.29, 0.717) is 48.8 Å². The number of hydrogen-bond donors (Lipinski definition) is 1. The largest absolute Gasteiger partial charge is 0.465 e. The monoisotopic (exact) mass is 368 g/mol. The normalized spacial score (nSPS) is 16.9. The molecule has 1 fully saturated rings. The summed E-state index contributed by atoms with van der Waals surface area (Å²) in [7, 11) is 1.28. The van der Waals surface area contributed by atoms with E-state index in [0.717, 1.165) is 0 Å². The van der Waals surface area contributed by atoms with Gasteiger partial charge in [-0.25, -0.2) is 9.59 Å². The van der Waals surface area contributed by atoms with Crippen molar-refractivity contribution in [1.29, 1.82) is 0 Å². The molecule has 0 unspecified atom stereocenters. The number of carbonyl (C=O) groups excluding carboxylic acids is 3. The van der Waals surface area contributed by atoms with Crippen LogP contribution < -0.4 is 5.32 Å². The molecule has 0 aromatic heterocycles. The van der Waals surface area contributed by atoms with Gasteiger partial charge in [0.15, 0.2) is 0 Å². The first-order valence-corrected chi connectivity index (χ1v) is 8.44. The Morgan fingerprint density at radius 2 is 2.12 bits per heavy atom. The van der Waals surface area contributed by atoms with Crippen molar-refractivity contribution < 1.29 is 23.9 Å². The molecule has 2 rings (SSSR count). The molecule has 0 saturated carbocycles. The lowest BCUT2D eigenvalue weighted by Crippen LogP contribution is -2.44. The fraction of sp³-hybridized carbons (Fsp3) is 0.471. The number of hydrogen-bond acceptors (Lipinski definition) is 5. The summed E-state index contributed by atoms with van der Waals surface area (Å²) in [5.41, 5.74) is 0.627. The number of carbonyl (C=O) groups is 3. The third kappa shape index (κ3) is 4.85. The Morgan fingerprint density at radius 3 is 2.80 bits per heavy atom. The third-order valence-electron chi connectivity index (χ3n) is 3.96. The molecule has 2 amide bonds. The highest BCUT2D eigenvalue weighted by Gasteiger charge is 2.29. The molecule has 1 atom stereocenters. The van der Waals surface area contributed by atoms with E-state index in [9.17, 15) is 14.4 Å². The van der Waals surface area contributed by atoms with E-state index >= 15 is 0 Å². The molecule has 1 aromatic carbocycles. The smallest absolute Gasteiger partial charge is 0.409 e. The van der Waals surface area contributed by atoms with E-state index in [4.69, 9.17) is 16.3 Å². The number of esters is 1. The van der Waals surface area contributed by atoms with Gasteiger partial charge in [0.25, 0.3) is 0 Å². The van der Waals surface area contributed by atoms with Crippen LogP contribution in [-0.4, -0.2) is 49.7 Å². The van der Waals surface area contributed by atoms with E-state index in [1.807, 2.05) is 0 Å². The molecule has 0 bridgehead atoms. The zero-order valence-corrected chi connectivity index (χ0v) is 15.0. The third-order valence-corrected chi connectivity index (χ3v) is 4.29. The summed E-state index contributed by atoms with van der Waals surface area (Å²) in [6, 6.07) is 4.51. The van der Waals surface area contributed by atoms with Gasteiger partial charge in [-0.3, -0.25) is 4.79 Å². The van der Waals surface area contributed by atoms with Crippen LogP contribution in [0.2, 0.25) is 5.02 Å². The summed E-state index contributed by atoms with van der Waals surface area (Å²) in [5.74, 6) is -1.13. The summed E-state index contributed by atoms with van der Waals surface area (Å²) in [5, 5.41) is 3.05. The second-order valence-electron chi connectivity index (χ2n) is 5.66. The summed E-state index contributed by atoms with van der Waals surface area (Å²) >= 11 is 6.10. The fourth-order valence-electron chi connectivity index (χ4n) is 2.67. The van der Waals surface area contributed by atoms with Gasteiger partial charge in [-0.1, -0.05) is 11.6 Å². The Hall–Kier alpha value is -2.28. The summed E-state index contributed by atoms with van der Waals surface area (Å²) in [6.07, 6.45) is 0.966. The average Bonchev–Trinajstić information content (AvgIpc) is 2.63. The van der Waals surface area contributed by atoms with Crippen molar-refractivity contribution in [3.05, 3.63) is 28.8 Å². The fourth-order valence-corrected chi connectivity index (χ4v) is 2.84. The zero-order chi connectivity index (χ0) is 18.4. The van der Waals surface area contributed by atoms with Crippen molar-refractivity contribution in [3.8, 4) is 0 Å². The highest BCUT2D eigenvalue weighted by molar-refractivity contribution is 6.33. The van der Waals surface area contributed by atoms with Gasteiger partial charge in [0.05, 0.1) is 35.9 Å². The van der Waals surface area contributed by atoms with Crippen LogP contribution in [0.15, 0.2) is 18.2 Å². The van der Waals surface area contributed by atoms with Crippen molar-refractivity contribution in [2.45, 2.75) is 19.8 Å². The molecule has 1 aliphatic rings. The Kier molecular flexibility index (Phi) is 6.64. The molecule has 1 aromatic rings. The van der Waals surface area contributed by atoms with Crippen molar-refractivity contribution in [2.24, 2.45) is 5.92 Å². The molecular formula is C17H21ClN2O5. The number of nitrogens with zero attached hydrogens (tertiary/aromatic N) is 1. The van der Waals surface area contributed by atoms with Crippen molar-refractivity contribution >= 4 is 35.3 Å². The van der Waals surface area contributed by atoms with Gasteiger partial charge in [0.2, 0.25) is 5.91 Å². The SMILES string of the molecule is CCOC(=O)N1CCC[C@@H](C(=O)Nc2cc(C(=O)OC)ccc2Cl)C1. The van der Waals surface area contributed by atoms with Crippen LogP contribution in [0.3, 0.4) is 0 Å². The van der Waals surface area contributed by atoms with E-state index in [2.05, 4.69) is 10.1 Å². The van der Waals surface area contributed by atoms with Crippen LogP contribution in [0.25, 0.3) is 0 Å². The number of amides is 2. The first-order chi connectivity index (χ1) is 12.0. The van der Waals surface area contributed by atoms with Gasteiger partial charge < -0.3 is 19.7 Å². The van der Waals surface area contributed by atoms with E-state index < -0.39 is 12.1 Å². The lowest BCUT2D eigenvalue weighted by Gasteiger charge is -2.31. The minimum absolute atomic E-state index is 0.252. The summed E-state index contributed by atoms with van der Waals surface area (Å²) < 4.78 is 9.65. The number of halogens is 1. The van der Waals surface area contributed by atoms with Gasteiger partial charge in [-0.05, 0) is 38.0 Å². The molecule has 1 aliphatic heterocycles. The van der Waals surface area contributed by atoms with Crippen molar-refractivity contribution in [1.82, 2.24) is 4.90 Å². The number of rotatable bonds is 4. The molecule has 1 saturated heterocycles. The highest BCUT2D eigenvalue weighted by Crippen LogP contribution is 2.26. The Morgan fingerprint density at radius 1 is 1.36 bits per heavy atom. The molecule has 136 valence electrons. The predicted octanol–water partition coefficient (Wildman–Crippen LogP) is 2.93. The van der Waals surface area contributed by atoms with Crippen LogP contribution in [0.5, 0.6) is 0 Å². The minimum atomic E-state index is -0.515. The van der Waals surface area contributed by atoms with Gasteiger partial charge in [0, 0.05) is 13.1 Å². The number of anilines is 1. The number of ether oxygens (including phenoxy) is 2. The molecule has 7 nitrogen and oxygen atoms in total. The van der Waals surface area contributed by atoms with Crippen LogP contribution in [0.4, 0.5) is 10.5 Å². The average molecular weight is 369 g/mol. The second kappa shape index (κ2) is 8.71. The minimum Gasteiger partial charge on any atom is -0.465 e. The number of nitrogens with one attached hydrogen (secondary N) is 1. The molecule has 0 spiro atoms. The standard InChI is InChI=1S/C17H21ClN2O5/c1-3-25-17(23)20-8-4-5-12(10-20)15(21)19-14-9-11(16(22)24-2)6-7-13(14)18/h6-7,9,12H,3-5,8,10H2,1-2H3,(H,19,21)/t12-/m1/s1. The number of benzene rings is 1. The molecule has 0 aliphatic carbocycles. The van der Waals surface area contributed by atoms with Gasteiger partial charge in [-0.2, -0.15) is 0 Å². The maximum atomic E-state index is 12.5. The van der Waals surface area contributed by atoms with Crippen LogP contribution in [-0.2, 0) is 14.3 Å². The van der Waals surface area contributed by atoms with E-state index in [1.165, 1.54) is 30.2 Å². The Labute approximate surface area is 151 Å². The van der Waals surface area contributed by atoms with Crippen LogP contribution in [0.1, 0.15) is 30.1 Å². The van der Waals surface area contributed by atoms with Gasteiger partial charge in [0.1, 0.15) is 0 Å². The lowest BCUT2D eigenvalue weighted by molar-refractivity contribution is -0.121. The highest BCUT2D eigenvalue weighted by atomic mass is 35.5. The van der Waals surface area contributed by atoms with E-state index in [1.54, 1.807) is 6.92 Å². The molecule has 1 heterocycles. The topological polar surface area (TPSA) is 84.9 Å². The Balaban J connectivity index is 2.06. The predicted molar refractivity (Wildman–Crippen MR) is 92.7 cm³/mol. The first-order valence-electron chi connectivity index (χ1n) is 8.06. The molecular weight excluding hydrogens is 348 g/mol. The second-order valence-corrected chi connectivity index (χ2v) is 6.07. The number of methoxy groups -OCH3 is 1. The van der Waals surface area contributed by atoms with Gasteiger partial charge >= 0.3 is 12.1 Å². The lowest BCUT2D eigenvalue weighted by atomic mass is 9.97. The van der Waals surface area contributed by atoms with E-state index in [-0.39, 0.29) is 11.8 Å².